The van der Waals surface area contributed by atoms with E-state index < -0.39 is 0 Å². The van der Waals surface area contributed by atoms with Crippen molar-refractivity contribution in [2.45, 2.75) is 65.0 Å². The molecule has 0 spiro atoms. The van der Waals surface area contributed by atoms with Gasteiger partial charge in [0, 0.05) is 18.6 Å². The SMILES string of the molecule is CCCCc1ccc(C(C)NC(C)CN2CCCC2)cc1. The number of likely N-dealkylation sites (tertiary alicyclic amines) is 1. The first-order valence-electron chi connectivity index (χ1n) is 8.76. The molecule has 0 aliphatic carbocycles. The molecular formula is C19H32N2. The summed E-state index contributed by atoms with van der Waals surface area (Å²) in [6.07, 6.45) is 6.53. The molecule has 1 aliphatic rings. The van der Waals surface area contributed by atoms with Crippen molar-refractivity contribution in [3.8, 4) is 0 Å². The molecule has 2 nitrogen and oxygen atoms in total. The quantitative estimate of drug-likeness (QED) is 0.772. The third-order valence-electron chi connectivity index (χ3n) is 4.56. The Morgan fingerprint density at radius 1 is 1.10 bits per heavy atom. The monoisotopic (exact) mass is 288 g/mol. The van der Waals surface area contributed by atoms with E-state index in [4.69, 9.17) is 0 Å². The van der Waals surface area contributed by atoms with Gasteiger partial charge in [0.1, 0.15) is 0 Å². The molecule has 118 valence electrons. The number of benzene rings is 1. The van der Waals surface area contributed by atoms with Crippen molar-refractivity contribution in [3.05, 3.63) is 35.4 Å². The molecule has 2 heteroatoms. The fourth-order valence-corrected chi connectivity index (χ4v) is 3.28. The molecule has 1 fully saturated rings. The fraction of sp³-hybridized carbons (Fsp3) is 0.684. The maximum Gasteiger partial charge on any atom is 0.0294 e. The van der Waals surface area contributed by atoms with E-state index in [-0.39, 0.29) is 0 Å². The first-order valence-corrected chi connectivity index (χ1v) is 8.76. The van der Waals surface area contributed by atoms with Crippen LogP contribution in [-0.2, 0) is 6.42 Å². The Morgan fingerprint density at radius 3 is 2.38 bits per heavy atom. The molecule has 0 aromatic heterocycles. The molecule has 1 N–H and O–H groups in total. The lowest BCUT2D eigenvalue weighted by Gasteiger charge is -2.25. The van der Waals surface area contributed by atoms with Crippen LogP contribution in [-0.4, -0.2) is 30.6 Å². The van der Waals surface area contributed by atoms with Gasteiger partial charge in [-0.25, -0.2) is 0 Å². The van der Waals surface area contributed by atoms with Crippen LogP contribution < -0.4 is 5.32 Å². The number of nitrogens with zero attached hydrogens (tertiary/aromatic N) is 1. The smallest absolute Gasteiger partial charge is 0.0294 e. The van der Waals surface area contributed by atoms with Crippen LogP contribution >= 0.6 is 0 Å². The summed E-state index contributed by atoms with van der Waals surface area (Å²) in [7, 11) is 0. The van der Waals surface area contributed by atoms with E-state index in [0.29, 0.717) is 12.1 Å². The molecule has 1 aromatic carbocycles. The highest BCUT2D eigenvalue weighted by Gasteiger charge is 2.16. The largest absolute Gasteiger partial charge is 0.306 e. The number of aryl methyl sites for hydroxylation is 1. The van der Waals surface area contributed by atoms with Crippen LogP contribution in [0, 0.1) is 0 Å². The summed E-state index contributed by atoms with van der Waals surface area (Å²) in [6, 6.07) is 10.2. The molecule has 0 bridgehead atoms. The molecule has 1 heterocycles. The minimum absolute atomic E-state index is 0.433. The van der Waals surface area contributed by atoms with Crippen molar-refractivity contribution in [3.63, 3.8) is 0 Å². The first kappa shape index (κ1) is 16.5. The predicted molar refractivity (Wildman–Crippen MR) is 91.7 cm³/mol. The highest BCUT2D eigenvalue weighted by molar-refractivity contribution is 5.24. The maximum atomic E-state index is 3.74. The average molecular weight is 288 g/mol. The van der Waals surface area contributed by atoms with Gasteiger partial charge in [-0.3, -0.25) is 0 Å². The van der Waals surface area contributed by atoms with Gasteiger partial charge >= 0.3 is 0 Å². The molecular weight excluding hydrogens is 256 g/mol. The van der Waals surface area contributed by atoms with Crippen molar-refractivity contribution >= 4 is 0 Å². The van der Waals surface area contributed by atoms with Crippen LogP contribution in [0.25, 0.3) is 0 Å². The van der Waals surface area contributed by atoms with Crippen LogP contribution in [0.1, 0.15) is 63.6 Å². The van der Waals surface area contributed by atoms with Crippen LogP contribution in [0.2, 0.25) is 0 Å². The van der Waals surface area contributed by atoms with Crippen molar-refractivity contribution < 1.29 is 0 Å². The maximum absolute atomic E-state index is 3.74. The Hall–Kier alpha value is -0.860. The lowest BCUT2D eigenvalue weighted by atomic mass is 10.0. The lowest BCUT2D eigenvalue weighted by molar-refractivity contribution is 0.289. The summed E-state index contributed by atoms with van der Waals surface area (Å²) >= 11 is 0. The lowest BCUT2D eigenvalue weighted by Crippen LogP contribution is -2.39. The molecule has 21 heavy (non-hydrogen) atoms. The van der Waals surface area contributed by atoms with Crippen LogP contribution in [0.3, 0.4) is 0 Å². The van der Waals surface area contributed by atoms with Gasteiger partial charge in [-0.15, -0.1) is 0 Å². The Balaban J connectivity index is 1.79. The minimum atomic E-state index is 0.433. The van der Waals surface area contributed by atoms with Gasteiger partial charge in [0.15, 0.2) is 0 Å². The Labute approximate surface area is 130 Å². The molecule has 0 amide bonds. The summed E-state index contributed by atoms with van der Waals surface area (Å²) in [4.78, 5) is 2.58. The topological polar surface area (TPSA) is 15.3 Å². The molecule has 1 saturated heterocycles. The van der Waals surface area contributed by atoms with Crippen LogP contribution in [0.15, 0.2) is 24.3 Å². The summed E-state index contributed by atoms with van der Waals surface area (Å²) in [5.74, 6) is 0. The summed E-state index contributed by atoms with van der Waals surface area (Å²) in [6.45, 7) is 10.6. The zero-order valence-corrected chi connectivity index (χ0v) is 14.1. The second-order valence-electron chi connectivity index (χ2n) is 6.64. The highest BCUT2D eigenvalue weighted by atomic mass is 15.2. The van der Waals surface area contributed by atoms with E-state index in [1.807, 2.05) is 0 Å². The first-order chi connectivity index (χ1) is 10.2. The van der Waals surface area contributed by atoms with E-state index in [2.05, 4.69) is 55.3 Å². The van der Waals surface area contributed by atoms with E-state index in [0.717, 1.165) is 0 Å². The second-order valence-corrected chi connectivity index (χ2v) is 6.64. The van der Waals surface area contributed by atoms with Gasteiger partial charge in [0.25, 0.3) is 0 Å². The van der Waals surface area contributed by atoms with Crippen LogP contribution in [0.5, 0.6) is 0 Å². The molecule has 1 aliphatic heterocycles. The van der Waals surface area contributed by atoms with Gasteiger partial charge < -0.3 is 10.2 Å². The standard InChI is InChI=1S/C19H32N2/c1-4-5-8-18-9-11-19(12-10-18)17(3)20-16(2)15-21-13-6-7-14-21/h9-12,16-17,20H,4-8,13-15H2,1-3H3. The predicted octanol–water partition coefficient (Wildman–Crippen LogP) is 4.16. The molecule has 2 atom stereocenters. The third-order valence-corrected chi connectivity index (χ3v) is 4.56. The zero-order chi connectivity index (χ0) is 15.1. The van der Waals surface area contributed by atoms with Gasteiger partial charge in [-0.1, -0.05) is 37.6 Å². The summed E-state index contributed by atoms with van der Waals surface area (Å²) in [5.41, 5.74) is 2.88. The van der Waals surface area contributed by atoms with Crippen molar-refractivity contribution in [1.29, 1.82) is 0 Å². The second kappa shape index (κ2) is 8.55. The molecule has 2 unspecified atom stereocenters. The fourth-order valence-electron chi connectivity index (χ4n) is 3.28. The summed E-state index contributed by atoms with van der Waals surface area (Å²) < 4.78 is 0. The number of unbranched alkanes of at least 4 members (excludes halogenated alkanes) is 1. The summed E-state index contributed by atoms with van der Waals surface area (Å²) in [5, 5.41) is 3.74. The molecule has 0 radical (unpaired) electrons. The number of hydrogen-bond donors (Lipinski definition) is 1. The molecule has 0 saturated carbocycles. The van der Waals surface area contributed by atoms with Gasteiger partial charge in [-0.2, -0.15) is 0 Å². The van der Waals surface area contributed by atoms with E-state index in [9.17, 15) is 0 Å². The van der Waals surface area contributed by atoms with Crippen molar-refractivity contribution in [1.82, 2.24) is 10.2 Å². The number of hydrogen-bond acceptors (Lipinski definition) is 2. The van der Waals surface area contributed by atoms with Gasteiger partial charge in [0.05, 0.1) is 0 Å². The Kier molecular flexibility index (Phi) is 6.72. The van der Waals surface area contributed by atoms with E-state index >= 15 is 0 Å². The van der Waals surface area contributed by atoms with Crippen molar-refractivity contribution in [2.24, 2.45) is 0 Å². The number of rotatable bonds is 8. The highest BCUT2D eigenvalue weighted by Crippen LogP contribution is 2.16. The average Bonchev–Trinajstić information content (AvgIpc) is 2.98. The van der Waals surface area contributed by atoms with E-state index in [1.165, 1.54) is 62.9 Å². The van der Waals surface area contributed by atoms with E-state index in [1.54, 1.807) is 0 Å². The Morgan fingerprint density at radius 2 is 1.76 bits per heavy atom. The van der Waals surface area contributed by atoms with Gasteiger partial charge in [0.2, 0.25) is 0 Å². The minimum Gasteiger partial charge on any atom is -0.306 e. The Bertz CT molecular complexity index is 393. The normalized spacial score (nSPS) is 18.8. The third kappa shape index (κ3) is 5.44. The molecule has 1 aromatic rings. The molecule has 2 rings (SSSR count). The number of nitrogens with one attached hydrogen (secondary N) is 1. The zero-order valence-electron chi connectivity index (χ0n) is 14.1. The van der Waals surface area contributed by atoms with Crippen molar-refractivity contribution in [2.75, 3.05) is 19.6 Å². The van der Waals surface area contributed by atoms with Gasteiger partial charge in [-0.05, 0) is 63.7 Å². The van der Waals surface area contributed by atoms with Crippen LogP contribution in [0.4, 0.5) is 0 Å².